The molecule has 1 aliphatic heterocycles. The highest BCUT2D eigenvalue weighted by Gasteiger charge is 2.27. The minimum Gasteiger partial charge on any atom is -0.363 e. The number of nitrogens with zero attached hydrogens (tertiary/aromatic N) is 2. The molecule has 1 aliphatic rings. The number of benzene rings is 1. The molecular weight excluding hydrogens is 292 g/mol. The molecule has 0 spiro atoms. The van der Waals surface area contributed by atoms with E-state index in [1.54, 1.807) is 6.20 Å². The summed E-state index contributed by atoms with van der Waals surface area (Å²) in [5.41, 5.74) is 4.30. The van der Waals surface area contributed by atoms with Gasteiger partial charge in [0, 0.05) is 11.1 Å². The standard InChI is InChI=1S/C17H16N4O2/c1-10-14-8-12(9-18-16(14)21-20-10)19-17(22)15-13-5-3-2-4-11(13)6-7-23-15/h2-5,8-9,15H,6-7H2,1H3,(H,19,22)(H,18,20,21)/t15-/m1/s1. The van der Waals surface area contributed by atoms with E-state index in [0.717, 1.165) is 28.6 Å². The van der Waals surface area contributed by atoms with E-state index in [4.69, 9.17) is 4.74 Å². The van der Waals surface area contributed by atoms with Crippen molar-refractivity contribution in [1.29, 1.82) is 0 Å². The monoisotopic (exact) mass is 308 g/mol. The van der Waals surface area contributed by atoms with E-state index in [1.807, 2.05) is 37.3 Å². The number of aromatic nitrogens is 3. The van der Waals surface area contributed by atoms with E-state index in [1.165, 1.54) is 0 Å². The Balaban J connectivity index is 1.61. The molecule has 116 valence electrons. The molecule has 0 aliphatic carbocycles. The summed E-state index contributed by atoms with van der Waals surface area (Å²) in [6.45, 7) is 2.47. The smallest absolute Gasteiger partial charge is 0.258 e. The van der Waals surface area contributed by atoms with Crippen molar-refractivity contribution in [2.75, 3.05) is 11.9 Å². The second kappa shape index (κ2) is 5.48. The Morgan fingerprint density at radius 3 is 3.17 bits per heavy atom. The van der Waals surface area contributed by atoms with E-state index >= 15 is 0 Å². The zero-order valence-electron chi connectivity index (χ0n) is 12.7. The Morgan fingerprint density at radius 2 is 2.26 bits per heavy atom. The molecule has 0 saturated carbocycles. The third-order valence-electron chi connectivity index (χ3n) is 4.10. The first kappa shape index (κ1) is 13.9. The highest BCUT2D eigenvalue weighted by Crippen LogP contribution is 2.28. The number of amides is 1. The maximum atomic E-state index is 12.6. The molecule has 23 heavy (non-hydrogen) atoms. The largest absolute Gasteiger partial charge is 0.363 e. The first-order chi connectivity index (χ1) is 11.2. The molecule has 1 aromatic carbocycles. The van der Waals surface area contributed by atoms with Crippen LogP contribution in [0.5, 0.6) is 0 Å². The van der Waals surface area contributed by atoms with Crippen LogP contribution in [0.3, 0.4) is 0 Å². The third-order valence-corrected chi connectivity index (χ3v) is 4.10. The predicted molar refractivity (Wildman–Crippen MR) is 86.1 cm³/mol. The van der Waals surface area contributed by atoms with Gasteiger partial charge in [0.1, 0.15) is 0 Å². The molecule has 2 aromatic heterocycles. The SMILES string of the molecule is Cc1[nH]nc2ncc(NC(=O)[C@@H]3OCCc4ccccc43)cc12. The summed E-state index contributed by atoms with van der Waals surface area (Å²) < 4.78 is 5.68. The number of H-pyrrole nitrogens is 1. The van der Waals surface area contributed by atoms with Crippen molar-refractivity contribution >= 4 is 22.6 Å². The van der Waals surface area contributed by atoms with Crippen molar-refractivity contribution in [2.45, 2.75) is 19.4 Å². The van der Waals surface area contributed by atoms with Crippen LogP contribution in [-0.4, -0.2) is 27.7 Å². The highest BCUT2D eigenvalue weighted by molar-refractivity contribution is 5.96. The summed E-state index contributed by atoms with van der Waals surface area (Å²) in [4.78, 5) is 16.8. The van der Waals surface area contributed by atoms with Crippen LogP contribution in [-0.2, 0) is 16.0 Å². The van der Waals surface area contributed by atoms with Crippen LogP contribution in [0.15, 0.2) is 36.5 Å². The lowest BCUT2D eigenvalue weighted by molar-refractivity contribution is -0.128. The van der Waals surface area contributed by atoms with Crippen LogP contribution in [0.25, 0.3) is 11.0 Å². The van der Waals surface area contributed by atoms with Gasteiger partial charge >= 0.3 is 0 Å². The lowest BCUT2D eigenvalue weighted by Gasteiger charge is -2.25. The Labute approximate surface area is 132 Å². The highest BCUT2D eigenvalue weighted by atomic mass is 16.5. The van der Waals surface area contributed by atoms with Crippen molar-refractivity contribution in [3.05, 3.63) is 53.3 Å². The summed E-state index contributed by atoms with van der Waals surface area (Å²) in [5.74, 6) is -0.181. The number of aromatic amines is 1. The maximum Gasteiger partial charge on any atom is 0.258 e. The second-order valence-corrected chi connectivity index (χ2v) is 5.63. The van der Waals surface area contributed by atoms with Crippen LogP contribution in [0.2, 0.25) is 0 Å². The molecule has 0 fully saturated rings. The Morgan fingerprint density at radius 1 is 1.39 bits per heavy atom. The third kappa shape index (κ3) is 2.47. The van der Waals surface area contributed by atoms with Crippen molar-refractivity contribution < 1.29 is 9.53 Å². The normalized spacial score (nSPS) is 17.0. The molecule has 0 saturated heterocycles. The fourth-order valence-electron chi connectivity index (χ4n) is 2.91. The van der Waals surface area contributed by atoms with Crippen molar-refractivity contribution in [2.24, 2.45) is 0 Å². The van der Waals surface area contributed by atoms with Gasteiger partial charge in [-0.3, -0.25) is 9.89 Å². The van der Waals surface area contributed by atoms with E-state index in [0.29, 0.717) is 17.9 Å². The number of nitrogens with one attached hydrogen (secondary N) is 2. The number of carbonyl (C=O) groups is 1. The lowest BCUT2D eigenvalue weighted by Crippen LogP contribution is -2.28. The van der Waals surface area contributed by atoms with Gasteiger partial charge < -0.3 is 10.1 Å². The molecule has 4 rings (SSSR count). The zero-order valence-corrected chi connectivity index (χ0v) is 12.7. The minimum atomic E-state index is -0.582. The molecule has 1 atom stereocenters. The first-order valence-corrected chi connectivity index (χ1v) is 7.53. The van der Waals surface area contributed by atoms with Crippen LogP contribution in [0.4, 0.5) is 5.69 Å². The molecule has 2 N–H and O–H groups in total. The van der Waals surface area contributed by atoms with Gasteiger partial charge in [0.2, 0.25) is 0 Å². The number of fused-ring (bicyclic) bond motifs is 2. The molecule has 0 bridgehead atoms. The number of pyridine rings is 1. The maximum absolute atomic E-state index is 12.6. The van der Waals surface area contributed by atoms with E-state index < -0.39 is 6.10 Å². The van der Waals surface area contributed by atoms with Gasteiger partial charge in [0.15, 0.2) is 11.8 Å². The number of anilines is 1. The van der Waals surface area contributed by atoms with Gasteiger partial charge in [-0.25, -0.2) is 4.98 Å². The van der Waals surface area contributed by atoms with Crippen LogP contribution in [0, 0.1) is 6.92 Å². The summed E-state index contributed by atoms with van der Waals surface area (Å²) in [6.07, 6.45) is 1.86. The zero-order chi connectivity index (χ0) is 15.8. The summed E-state index contributed by atoms with van der Waals surface area (Å²) in [6, 6.07) is 9.77. The van der Waals surface area contributed by atoms with Crippen molar-refractivity contribution in [3.63, 3.8) is 0 Å². The van der Waals surface area contributed by atoms with Crippen LogP contribution in [0.1, 0.15) is 22.9 Å². The average Bonchev–Trinajstić information content (AvgIpc) is 2.95. The van der Waals surface area contributed by atoms with E-state index in [-0.39, 0.29) is 5.91 Å². The molecule has 6 heteroatoms. The quantitative estimate of drug-likeness (QED) is 0.762. The van der Waals surface area contributed by atoms with Gasteiger partial charge in [-0.05, 0) is 30.5 Å². The number of aryl methyl sites for hydroxylation is 1. The Kier molecular flexibility index (Phi) is 3.31. The average molecular weight is 308 g/mol. The van der Waals surface area contributed by atoms with Gasteiger partial charge in [-0.15, -0.1) is 0 Å². The van der Waals surface area contributed by atoms with Gasteiger partial charge in [0.25, 0.3) is 5.91 Å². The topological polar surface area (TPSA) is 79.9 Å². The van der Waals surface area contributed by atoms with E-state index in [2.05, 4.69) is 20.5 Å². The summed E-state index contributed by atoms with van der Waals surface area (Å²) in [5, 5.41) is 10.8. The van der Waals surface area contributed by atoms with Crippen LogP contribution < -0.4 is 5.32 Å². The summed E-state index contributed by atoms with van der Waals surface area (Å²) in [7, 11) is 0. The number of hydrogen-bond acceptors (Lipinski definition) is 4. The molecule has 3 aromatic rings. The molecule has 0 radical (unpaired) electrons. The Bertz CT molecular complexity index is 887. The van der Waals surface area contributed by atoms with Crippen molar-refractivity contribution in [1.82, 2.24) is 15.2 Å². The predicted octanol–water partition coefficient (Wildman–Crippen LogP) is 2.52. The summed E-state index contributed by atoms with van der Waals surface area (Å²) >= 11 is 0. The van der Waals surface area contributed by atoms with Gasteiger partial charge in [-0.1, -0.05) is 24.3 Å². The van der Waals surface area contributed by atoms with Gasteiger partial charge in [0.05, 0.1) is 18.5 Å². The number of carbonyl (C=O) groups excluding carboxylic acids is 1. The number of rotatable bonds is 2. The van der Waals surface area contributed by atoms with Crippen molar-refractivity contribution in [3.8, 4) is 0 Å². The lowest BCUT2D eigenvalue weighted by atomic mass is 9.97. The number of ether oxygens (including phenoxy) is 1. The molecule has 1 amide bonds. The first-order valence-electron chi connectivity index (χ1n) is 7.53. The molecular formula is C17H16N4O2. The molecule has 0 unspecified atom stereocenters. The fourth-order valence-corrected chi connectivity index (χ4v) is 2.91. The molecule has 3 heterocycles. The minimum absolute atomic E-state index is 0.181. The fraction of sp³-hybridized carbons (Fsp3) is 0.235. The van der Waals surface area contributed by atoms with Gasteiger partial charge in [-0.2, -0.15) is 5.10 Å². The molecule has 6 nitrogen and oxygen atoms in total. The van der Waals surface area contributed by atoms with Crippen LogP contribution >= 0.6 is 0 Å². The van der Waals surface area contributed by atoms with E-state index in [9.17, 15) is 4.79 Å². The Hall–Kier alpha value is -2.73. The second-order valence-electron chi connectivity index (χ2n) is 5.63. The number of hydrogen-bond donors (Lipinski definition) is 2.